The van der Waals surface area contributed by atoms with Crippen molar-refractivity contribution in [3.8, 4) is 28.7 Å². The maximum atomic E-state index is 14.4. The van der Waals surface area contributed by atoms with Crippen molar-refractivity contribution in [1.29, 1.82) is 0 Å². The second-order valence-corrected chi connectivity index (χ2v) is 10.7. The van der Waals surface area contributed by atoms with E-state index in [1.165, 1.54) is 30.9 Å². The number of aromatic nitrogens is 3. The third-order valence-electron chi connectivity index (χ3n) is 7.91. The van der Waals surface area contributed by atoms with Crippen molar-refractivity contribution in [3.63, 3.8) is 0 Å². The molecule has 1 saturated heterocycles. The van der Waals surface area contributed by atoms with Crippen LogP contribution in [0.3, 0.4) is 0 Å². The minimum absolute atomic E-state index is 0.0662. The number of hydrogen-bond donors (Lipinski definition) is 1. The van der Waals surface area contributed by atoms with Gasteiger partial charge in [-0.25, -0.2) is 4.68 Å². The van der Waals surface area contributed by atoms with Gasteiger partial charge in [0.05, 0.1) is 33.0 Å². The zero-order valence-corrected chi connectivity index (χ0v) is 25.4. The van der Waals surface area contributed by atoms with Crippen LogP contribution in [0.5, 0.6) is 28.7 Å². The molecule has 2 unspecified atom stereocenters. The van der Waals surface area contributed by atoms with Gasteiger partial charge in [-0.05, 0) is 60.4 Å². The van der Waals surface area contributed by atoms with E-state index in [0.29, 0.717) is 58.5 Å². The van der Waals surface area contributed by atoms with Crippen molar-refractivity contribution in [1.82, 2.24) is 25.2 Å². The second kappa shape index (κ2) is 13.3. The summed E-state index contributed by atoms with van der Waals surface area (Å²) in [4.78, 5) is 30.1. The number of carbonyl (C=O) groups is 2. The number of rotatable bonds is 12. The third kappa shape index (κ3) is 6.29. The van der Waals surface area contributed by atoms with E-state index < -0.39 is 11.9 Å². The molecule has 3 heterocycles. The first-order chi connectivity index (χ1) is 22.0. The Labute approximate surface area is 259 Å². The van der Waals surface area contributed by atoms with E-state index in [2.05, 4.69) is 15.6 Å². The first-order valence-corrected chi connectivity index (χ1v) is 14.6. The summed E-state index contributed by atoms with van der Waals surface area (Å²) in [6, 6.07) is 15.1. The molecule has 6 rings (SSSR count). The van der Waals surface area contributed by atoms with Gasteiger partial charge in [-0.1, -0.05) is 23.4 Å². The highest BCUT2D eigenvalue weighted by atomic mass is 16.7. The smallest absolute Gasteiger partial charge is 0.247 e. The Morgan fingerprint density at radius 3 is 2.53 bits per heavy atom. The fourth-order valence-corrected chi connectivity index (χ4v) is 5.66. The number of methoxy groups -OCH3 is 3. The summed E-state index contributed by atoms with van der Waals surface area (Å²) in [6.45, 7) is 0.971. The number of benzene rings is 3. The predicted octanol–water partition coefficient (Wildman–Crippen LogP) is 3.25. The highest BCUT2D eigenvalue weighted by molar-refractivity contribution is 5.89. The van der Waals surface area contributed by atoms with E-state index in [9.17, 15) is 9.59 Å². The molecule has 0 saturated carbocycles. The van der Waals surface area contributed by atoms with Crippen LogP contribution < -0.4 is 29.0 Å². The highest BCUT2D eigenvalue weighted by Crippen LogP contribution is 2.41. The van der Waals surface area contributed by atoms with Crippen LogP contribution in [0.1, 0.15) is 30.0 Å². The quantitative estimate of drug-likeness (QED) is 0.252. The Hall–Kier alpha value is -5.04. The normalized spacial score (nSPS) is 15.9. The number of fused-ring (bicyclic) bond motifs is 2. The Morgan fingerprint density at radius 2 is 1.80 bits per heavy atom. The van der Waals surface area contributed by atoms with Crippen LogP contribution in [-0.4, -0.2) is 79.1 Å². The van der Waals surface area contributed by atoms with Crippen molar-refractivity contribution in [2.24, 2.45) is 0 Å². The van der Waals surface area contributed by atoms with Gasteiger partial charge in [-0.2, -0.15) is 0 Å². The fourth-order valence-electron chi connectivity index (χ4n) is 5.66. The first kappa shape index (κ1) is 30.0. The van der Waals surface area contributed by atoms with Crippen molar-refractivity contribution in [3.05, 3.63) is 65.7 Å². The van der Waals surface area contributed by atoms with Crippen LogP contribution in [-0.2, 0) is 27.4 Å². The second-order valence-electron chi connectivity index (χ2n) is 10.7. The standard InChI is InChI=1S/C32H35N5O8/c1-40-27-14-21(15-28(41-2)31(27)42-3)30(32(39)33-16-22-7-6-12-43-22)36(17-20-10-11-25-26(13-20)45-19-44-25)29(38)18-37-24-9-5-4-8-23(24)34-35-37/h4-5,8-11,13-15,22,30H,6-7,12,16-19H2,1-3H3,(H,33,39). The molecule has 0 aliphatic carbocycles. The summed E-state index contributed by atoms with van der Waals surface area (Å²) in [6.07, 6.45) is 1.67. The molecule has 1 N–H and O–H groups in total. The highest BCUT2D eigenvalue weighted by Gasteiger charge is 2.35. The summed E-state index contributed by atoms with van der Waals surface area (Å²) >= 11 is 0. The van der Waals surface area contributed by atoms with Crippen LogP contribution in [0, 0.1) is 0 Å². The number of para-hydroxylation sites is 1. The SMILES string of the molecule is COc1cc(C(C(=O)NCC2CCCO2)N(Cc2ccc3c(c2)OCO3)C(=O)Cn2nnc3ccccc32)cc(OC)c1OC. The van der Waals surface area contributed by atoms with Crippen molar-refractivity contribution >= 4 is 22.8 Å². The Bertz CT molecular complexity index is 1660. The van der Waals surface area contributed by atoms with Gasteiger partial charge in [0.2, 0.25) is 24.4 Å². The molecule has 2 atom stereocenters. The maximum Gasteiger partial charge on any atom is 0.247 e. The minimum atomic E-state index is -1.10. The Morgan fingerprint density at radius 1 is 1.02 bits per heavy atom. The maximum absolute atomic E-state index is 14.4. The van der Waals surface area contributed by atoms with Gasteiger partial charge < -0.3 is 38.6 Å². The molecule has 3 aromatic carbocycles. The van der Waals surface area contributed by atoms with Crippen LogP contribution >= 0.6 is 0 Å². The average molecular weight is 618 g/mol. The zero-order chi connectivity index (χ0) is 31.3. The van der Waals surface area contributed by atoms with Crippen molar-refractivity contribution in [2.75, 3.05) is 41.3 Å². The van der Waals surface area contributed by atoms with E-state index >= 15 is 0 Å². The number of carbonyl (C=O) groups excluding carboxylic acids is 2. The van der Waals surface area contributed by atoms with Crippen molar-refractivity contribution < 1.29 is 38.0 Å². The number of nitrogens with one attached hydrogen (secondary N) is 1. The number of ether oxygens (including phenoxy) is 6. The van der Waals surface area contributed by atoms with Gasteiger partial charge >= 0.3 is 0 Å². The van der Waals surface area contributed by atoms with E-state index in [-0.39, 0.29) is 31.9 Å². The molecule has 13 nitrogen and oxygen atoms in total. The topological polar surface area (TPSA) is 136 Å². The molecule has 45 heavy (non-hydrogen) atoms. The Kier molecular flexibility index (Phi) is 8.87. The van der Waals surface area contributed by atoms with E-state index in [0.717, 1.165) is 18.4 Å². The van der Waals surface area contributed by atoms with Gasteiger partial charge in [0.15, 0.2) is 23.0 Å². The summed E-state index contributed by atoms with van der Waals surface area (Å²) in [5.41, 5.74) is 2.55. The van der Waals surface area contributed by atoms with E-state index in [1.807, 2.05) is 36.4 Å². The molecule has 0 bridgehead atoms. The number of amides is 2. The lowest BCUT2D eigenvalue weighted by Crippen LogP contribution is -2.46. The van der Waals surface area contributed by atoms with Crippen LogP contribution in [0.25, 0.3) is 11.0 Å². The van der Waals surface area contributed by atoms with Crippen LogP contribution in [0.4, 0.5) is 0 Å². The molecular formula is C32H35N5O8. The number of hydrogen-bond acceptors (Lipinski definition) is 10. The molecular weight excluding hydrogens is 582 g/mol. The summed E-state index contributed by atoms with van der Waals surface area (Å²) in [5.74, 6) is 1.48. The first-order valence-electron chi connectivity index (χ1n) is 14.6. The van der Waals surface area contributed by atoms with Gasteiger partial charge in [-0.15, -0.1) is 5.10 Å². The van der Waals surface area contributed by atoms with Gasteiger partial charge in [0.1, 0.15) is 18.1 Å². The molecule has 0 radical (unpaired) electrons. The van der Waals surface area contributed by atoms with Gasteiger partial charge in [0, 0.05) is 19.7 Å². The molecule has 1 fully saturated rings. The zero-order valence-electron chi connectivity index (χ0n) is 25.4. The largest absolute Gasteiger partial charge is 0.493 e. The van der Waals surface area contributed by atoms with Gasteiger partial charge in [-0.3, -0.25) is 9.59 Å². The van der Waals surface area contributed by atoms with Gasteiger partial charge in [0.25, 0.3) is 0 Å². The summed E-state index contributed by atoms with van der Waals surface area (Å²) in [7, 11) is 4.50. The Balaban J connectivity index is 1.43. The molecule has 4 aromatic rings. The molecule has 0 spiro atoms. The van der Waals surface area contributed by atoms with Crippen molar-refractivity contribution in [2.45, 2.75) is 38.1 Å². The monoisotopic (exact) mass is 617 g/mol. The third-order valence-corrected chi connectivity index (χ3v) is 7.91. The van der Waals surface area contributed by atoms with Crippen LogP contribution in [0.15, 0.2) is 54.6 Å². The molecule has 13 heteroatoms. The fraction of sp³-hybridized carbons (Fsp3) is 0.375. The molecule has 2 amide bonds. The lowest BCUT2D eigenvalue weighted by atomic mass is 10.0. The summed E-state index contributed by atoms with van der Waals surface area (Å²) < 4.78 is 35.1. The molecule has 1 aromatic heterocycles. The molecule has 2 aliphatic rings. The number of nitrogens with zero attached hydrogens (tertiary/aromatic N) is 4. The lowest BCUT2D eigenvalue weighted by Gasteiger charge is -2.32. The predicted molar refractivity (Wildman–Crippen MR) is 161 cm³/mol. The van der Waals surface area contributed by atoms with Crippen LogP contribution in [0.2, 0.25) is 0 Å². The van der Waals surface area contributed by atoms with E-state index in [1.54, 1.807) is 18.2 Å². The summed E-state index contributed by atoms with van der Waals surface area (Å²) in [5, 5.41) is 11.5. The van der Waals surface area contributed by atoms with E-state index in [4.69, 9.17) is 28.4 Å². The lowest BCUT2D eigenvalue weighted by molar-refractivity contribution is -0.142. The molecule has 2 aliphatic heterocycles. The molecule has 236 valence electrons. The minimum Gasteiger partial charge on any atom is -0.493 e. The average Bonchev–Trinajstić information content (AvgIpc) is 3.84.